The predicted octanol–water partition coefficient (Wildman–Crippen LogP) is 2.55. The minimum atomic E-state index is 0.181. The van der Waals surface area contributed by atoms with E-state index in [2.05, 4.69) is 15.2 Å². The SMILES string of the molecule is Cc1nc2ccccc2n1CC(=O)N1CCC[C@@H](Cc2ccn[nH]2)C1. The quantitative estimate of drug-likeness (QED) is 0.795. The average Bonchev–Trinajstić information content (AvgIpc) is 3.23. The molecule has 1 aliphatic heterocycles. The maximum absolute atomic E-state index is 12.9. The third kappa shape index (κ3) is 3.29. The Morgan fingerprint density at radius 1 is 1.32 bits per heavy atom. The topological polar surface area (TPSA) is 66.8 Å². The van der Waals surface area contributed by atoms with Gasteiger partial charge in [-0.1, -0.05) is 12.1 Å². The molecule has 1 fully saturated rings. The third-order valence-electron chi connectivity index (χ3n) is 5.08. The zero-order valence-electron chi connectivity index (χ0n) is 14.5. The largest absolute Gasteiger partial charge is 0.341 e. The number of likely N-dealkylation sites (tertiary alicyclic amines) is 1. The number of carbonyl (C=O) groups excluding carboxylic acids is 1. The highest BCUT2D eigenvalue weighted by Gasteiger charge is 2.25. The highest BCUT2D eigenvalue weighted by atomic mass is 16.2. The first-order chi connectivity index (χ1) is 12.2. The smallest absolute Gasteiger partial charge is 0.242 e. The Hall–Kier alpha value is -2.63. The molecular formula is C19H23N5O. The number of amides is 1. The number of aromatic amines is 1. The van der Waals surface area contributed by atoms with Crippen LogP contribution in [0.5, 0.6) is 0 Å². The Bertz CT molecular complexity index is 867. The Morgan fingerprint density at radius 3 is 3.04 bits per heavy atom. The molecule has 1 aliphatic rings. The van der Waals surface area contributed by atoms with Crippen LogP contribution in [-0.4, -0.2) is 43.6 Å². The van der Waals surface area contributed by atoms with Crippen LogP contribution in [0.1, 0.15) is 24.4 Å². The predicted molar refractivity (Wildman–Crippen MR) is 96.1 cm³/mol. The van der Waals surface area contributed by atoms with Gasteiger partial charge in [0.05, 0.1) is 11.0 Å². The van der Waals surface area contributed by atoms with E-state index >= 15 is 0 Å². The molecular weight excluding hydrogens is 314 g/mol. The zero-order chi connectivity index (χ0) is 17.2. The molecule has 0 unspecified atom stereocenters. The number of imidazole rings is 1. The summed E-state index contributed by atoms with van der Waals surface area (Å²) in [7, 11) is 0. The molecule has 3 heterocycles. The molecule has 4 rings (SSSR count). The molecule has 1 saturated heterocycles. The van der Waals surface area contributed by atoms with Crippen LogP contribution in [-0.2, 0) is 17.8 Å². The number of H-pyrrole nitrogens is 1. The van der Waals surface area contributed by atoms with E-state index in [-0.39, 0.29) is 5.91 Å². The second kappa shape index (κ2) is 6.70. The minimum Gasteiger partial charge on any atom is -0.341 e. The van der Waals surface area contributed by atoms with Crippen molar-refractivity contribution in [1.82, 2.24) is 24.6 Å². The first-order valence-corrected chi connectivity index (χ1v) is 8.88. The molecule has 1 atom stereocenters. The molecule has 0 bridgehead atoms. The molecule has 0 radical (unpaired) electrons. The number of hydrogen-bond acceptors (Lipinski definition) is 3. The van der Waals surface area contributed by atoms with E-state index in [0.29, 0.717) is 12.5 Å². The summed E-state index contributed by atoms with van der Waals surface area (Å²) in [6, 6.07) is 10.0. The molecule has 1 N–H and O–H groups in total. The first-order valence-electron chi connectivity index (χ1n) is 8.88. The highest BCUT2D eigenvalue weighted by Crippen LogP contribution is 2.21. The summed E-state index contributed by atoms with van der Waals surface area (Å²) in [6.07, 6.45) is 4.97. The van der Waals surface area contributed by atoms with Crippen molar-refractivity contribution in [2.45, 2.75) is 32.7 Å². The third-order valence-corrected chi connectivity index (χ3v) is 5.08. The van der Waals surface area contributed by atoms with Crippen LogP contribution >= 0.6 is 0 Å². The van der Waals surface area contributed by atoms with Crippen LogP contribution in [0.25, 0.3) is 11.0 Å². The fourth-order valence-corrected chi connectivity index (χ4v) is 3.80. The van der Waals surface area contributed by atoms with Gasteiger partial charge in [-0.25, -0.2) is 4.98 Å². The van der Waals surface area contributed by atoms with E-state index in [1.54, 1.807) is 6.20 Å². The Morgan fingerprint density at radius 2 is 2.20 bits per heavy atom. The van der Waals surface area contributed by atoms with Crippen molar-refractivity contribution in [3.63, 3.8) is 0 Å². The molecule has 0 spiro atoms. The van der Waals surface area contributed by atoms with Gasteiger partial charge in [-0.3, -0.25) is 9.89 Å². The number of piperidine rings is 1. The molecule has 1 aromatic carbocycles. The van der Waals surface area contributed by atoms with Crippen molar-refractivity contribution in [3.8, 4) is 0 Å². The fourth-order valence-electron chi connectivity index (χ4n) is 3.80. The molecule has 6 nitrogen and oxygen atoms in total. The number of fused-ring (bicyclic) bond motifs is 1. The number of para-hydroxylation sites is 2. The van der Waals surface area contributed by atoms with E-state index in [9.17, 15) is 4.79 Å². The number of nitrogens with one attached hydrogen (secondary N) is 1. The van der Waals surface area contributed by atoms with Gasteiger partial charge in [0.15, 0.2) is 0 Å². The van der Waals surface area contributed by atoms with Crippen molar-refractivity contribution in [2.75, 3.05) is 13.1 Å². The summed E-state index contributed by atoms with van der Waals surface area (Å²) < 4.78 is 2.02. The number of rotatable bonds is 4. The molecule has 25 heavy (non-hydrogen) atoms. The van der Waals surface area contributed by atoms with E-state index in [1.807, 2.05) is 46.7 Å². The number of nitrogens with zero attached hydrogens (tertiary/aromatic N) is 4. The van der Waals surface area contributed by atoms with Gasteiger partial charge in [0, 0.05) is 25.0 Å². The lowest BCUT2D eigenvalue weighted by molar-refractivity contribution is -0.133. The van der Waals surface area contributed by atoms with Gasteiger partial charge in [-0.05, 0) is 50.3 Å². The van der Waals surface area contributed by atoms with E-state index in [1.165, 1.54) is 0 Å². The summed E-state index contributed by atoms with van der Waals surface area (Å²) in [6.45, 7) is 4.00. The van der Waals surface area contributed by atoms with Crippen molar-refractivity contribution < 1.29 is 4.79 Å². The number of benzene rings is 1. The van der Waals surface area contributed by atoms with Gasteiger partial charge >= 0.3 is 0 Å². The van der Waals surface area contributed by atoms with Crippen LogP contribution < -0.4 is 0 Å². The van der Waals surface area contributed by atoms with Crippen LogP contribution in [0.2, 0.25) is 0 Å². The normalized spacial score (nSPS) is 18.0. The van der Waals surface area contributed by atoms with Gasteiger partial charge in [-0.15, -0.1) is 0 Å². The molecule has 2 aromatic heterocycles. The average molecular weight is 337 g/mol. The first kappa shape index (κ1) is 15.9. The number of hydrogen-bond donors (Lipinski definition) is 1. The Balaban J connectivity index is 1.46. The Labute approximate surface area is 146 Å². The molecule has 1 amide bonds. The summed E-state index contributed by atoms with van der Waals surface area (Å²) in [5.74, 6) is 1.57. The second-order valence-corrected chi connectivity index (χ2v) is 6.87. The lowest BCUT2D eigenvalue weighted by Crippen LogP contribution is -2.42. The fraction of sp³-hybridized carbons (Fsp3) is 0.421. The lowest BCUT2D eigenvalue weighted by Gasteiger charge is -2.33. The van der Waals surface area contributed by atoms with Crippen LogP contribution in [0.15, 0.2) is 36.5 Å². The summed E-state index contributed by atoms with van der Waals surface area (Å²) >= 11 is 0. The molecule has 0 aliphatic carbocycles. The summed E-state index contributed by atoms with van der Waals surface area (Å²) in [5, 5.41) is 7.04. The van der Waals surface area contributed by atoms with Gasteiger partial charge in [-0.2, -0.15) is 5.10 Å². The van der Waals surface area contributed by atoms with Crippen LogP contribution in [0, 0.1) is 12.8 Å². The summed E-state index contributed by atoms with van der Waals surface area (Å²) in [5.41, 5.74) is 3.12. The van der Waals surface area contributed by atoms with Crippen molar-refractivity contribution in [2.24, 2.45) is 5.92 Å². The molecule has 6 heteroatoms. The van der Waals surface area contributed by atoms with Crippen molar-refractivity contribution in [3.05, 3.63) is 48.0 Å². The van der Waals surface area contributed by atoms with Gasteiger partial charge in [0.25, 0.3) is 0 Å². The second-order valence-electron chi connectivity index (χ2n) is 6.87. The van der Waals surface area contributed by atoms with E-state index in [0.717, 1.165) is 54.9 Å². The monoisotopic (exact) mass is 337 g/mol. The number of aryl methyl sites for hydroxylation is 1. The maximum Gasteiger partial charge on any atom is 0.242 e. The van der Waals surface area contributed by atoms with Crippen molar-refractivity contribution >= 4 is 16.9 Å². The van der Waals surface area contributed by atoms with Crippen molar-refractivity contribution in [1.29, 1.82) is 0 Å². The van der Waals surface area contributed by atoms with Gasteiger partial charge in [0.2, 0.25) is 5.91 Å². The van der Waals surface area contributed by atoms with E-state index in [4.69, 9.17) is 0 Å². The van der Waals surface area contributed by atoms with E-state index < -0.39 is 0 Å². The maximum atomic E-state index is 12.9. The molecule has 130 valence electrons. The molecule has 0 saturated carbocycles. The summed E-state index contributed by atoms with van der Waals surface area (Å²) in [4.78, 5) is 19.4. The molecule has 3 aromatic rings. The Kier molecular flexibility index (Phi) is 4.26. The van der Waals surface area contributed by atoms with Crippen LogP contribution in [0.3, 0.4) is 0 Å². The minimum absolute atomic E-state index is 0.181. The van der Waals surface area contributed by atoms with Gasteiger partial charge < -0.3 is 9.47 Å². The van der Waals surface area contributed by atoms with Gasteiger partial charge in [0.1, 0.15) is 12.4 Å². The highest BCUT2D eigenvalue weighted by molar-refractivity contribution is 5.81. The standard InChI is InChI=1S/C19H23N5O/c1-14-21-17-6-2-3-7-18(17)24(14)13-19(25)23-10-4-5-15(12-23)11-16-8-9-20-22-16/h2-3,6-9,15H,4-5,10-13H2,1H3,(H,20,22)/t15-/m0/s1. The number of carbonyl (C=O) groups is 1. The lowest BCUT2D eigenvalue weighted by atomic mass is 9.93. The zero-order valence-corrected chi connectivity index (χ0v) is 14.5. The van der Waals surface area contributed by atoms with Crippen LogP contribution in [0.4, 0.5) is 0 Å². The number of aromatic nitrogens is 4.